The van der Waals surface area contributed by atoms with E-state index in [2.05, 4.69) is 15.0 Å². The van der Waals surface area contributed by atoms with Crippen molar-refractivity contribution in [3.8, 4) is 17.2 Å². The zero-order chi connectivity index (χ0) is 20.4. The lowest BCUT2D eigenvalue weighted by Gasteiger charge is -2.14. The molecule has 0 fully saturated rings. The Hall–Kier alpha value is -3.03. The molecule has 0 aromatic heterocycles. The number of nitrogens with zero attached hydrogens (tertiary/aromatic N) is 1. The van der Waals surface area contributed by atoms with E-state index in [1.54, 1.807) is 32.2 Å². The molecule has 0 spiro atoms. The lowest BCUT2D eigenvalue weighted by Crippen LogP contribution is -2.33. The number of rotatable bonds is 10. The van der Waals surface area contributed by atoms with Gasteiger partial charge < -0.3 is 25.3 Å². The second-order valence-corrected chi connectivity index (χ2v) is 5.78. The Morgan fingerprint density at radius 1 is 1.18 bits per heavy atom. The minimum Gasteiger partial charge on any atom is -0.497 e. The van der Waals surface area contributed by atoms with E-state index in [0.29, 0.717) is 18.7 Å². The molecule has 0 aliphatic carbocycles. The van der Waals surface area contributed by atoms with E-state index in [4.69, 9.17) is 15.2 Å². The largest absolute Gasteiger partial charge is 0.497 e. The van der Waals surface area contributed by atoms with Crippen LogP contribution in [0.25, 0.3) is 0 Å². The molecule has 0 unspecified atom stereocenters. The van der Waals surface area contributed by atoms with Gasteiger partial charge in [-0.3, -0.25) is 0 Å². The molecule has 0 aliphatic heterocycles. The molecule has 2 aromatic rings. The Balaban J connectivity index is 1.94. The second-order valence-electron chi connectivity index (χ2n) is 5.78. The first-order valence-electron chi connectivity index (χ1n) is 8.89. The zero-order valence-corrected chi connectivity index (χ0v) is 16.0. The maximum atomic E-state index is 12.7. The lowest BCUT2D eigenvalue weighted by molar-refractivity contribution is -0.0520. The minimum atomic E-state index is -2.95. The van der Waals surface area contributed by atoms with Gasteiger partial charge in [-0.1, -0.05) is 24.3 Å². The third kappa shape index (κ3) is 6.61. The number of aliphatic imine (C=N–C) groups is 1. The topological polar surface area (TPSA) is 78.1 Å². The Kier molecular flexibility index (Phi) is 8.33. The first-order valence-corrected chi connectivity index (χ1v) is 8.89. The summed E-state index contributed by atoms with van der Waals surface area (Å²) in [5, 5.41) is 3.01. The van der Waals surface area contributed by atoms with Crippen LogP contribution in [0.2, 0.25) is 0 Å². The minimum absolute atomic E-state index is 0.0193. The molecular formula is C20H25F2N3O3. The van der Waals surface area contributed by atoms with Crippen LogP contribution in [0.4, 0.5) is 8.78 Å². The van der Waals surface area contributed by atoms with Gasteiger partial charge in [0.25, 0.3) is 0 Å². The van der Waals surface area contributed by atoms with Crippen LogP contribution < -0.4 is 25.3 Å². The molecule has 0 amide bonds. The van der Waals surface area contributed by atoms with E-state index in [1.165, 1.54) is 0 Å². The average Bonchev–Trinajstić information content (AvgIpc) is 2.68. The van der Waals surface area contributed by atoms with Crippen molar-refractivity contribution >= 4 is 5.96 Å². The Morgan fingerprint density at radius 3 is 2.57 bits per heavy atom. The van der Waals surface area contributed by atoms with Gasteiger partial charge in [0.05, 0.1) is 20.3 Å². The molecular weight excluding hydrogens is 368 g/mol. The predicted octanol–water partition coefficient (Wildman–Crippen LogP) is 3.34. The number of alkyl halides is 2. The van der Waals surface area contributed by atoms with Gasteiger partial charge in [-0.05, 0) is 37.1 Å². The quantitative estimate of drug-likeness (QED) is 0.478. The predicted molar refractivity (Wildman–Crippen MR) is 104 cm³/mol. The van der Waals surface area contributed by atoms with E-state index >= 15 is 0 Å². The highest BCUT2D eigenvalue weighted by molar-refractivity contribution is 5.77. The number of methoxy groups -OCH3 is 1. The van der Waals surface area contributed by atoms with Crippen molar-refractivity contribution in [2.24, 2.45) is 10.7 Å². The summed E-state index contributed by atoms with van der Waals surface area (Å²) in [5.41, 5.74) is 7.47. The van der Waals surface area contributed by atoms with Crippen LogP contribution in [0.5, 0.6) is 17.2 Å². The SMILES string of the molecule is CCOc1cccc(CN=C(N)NCCc2ccc(OC)cc2)c1OC(F)F. The number of nitrogens with one attached hydrogen (secondary N) is 1. The van der Waals surface area contributed by atoms with Crippen LogP contribution in [-0.2, 0) is 13.0 Å². The van der Waals surface area contributed by atoms with Crippen LogP contribution >= 0.6 is 0 Å². The number of guanidine groups is 1. The maximum Gasteiger partial charge on any atom is 0.387 e. The number of benzene rings is 2. The summed E-state index contributed by atoms with van der Waals surface area (Å²) < 4.78 is 40.6. The number of hydrogen-bond donors (Lipinski definition) is 2. The first kappa shape index (κ1) is 21.3. The number of halogens is 2. The lowest BCUT2D eigenvalue weighted by atomic mass is 10.1. The molecule has 0 saturated carbocycles. The molecule has 28 heavy (non-hydrogen) atoms. The Labute approximate surface area is 163 Å². The van der Waals surface area contributed by atoms with Gasteiger partial charge in [0, 0.05) is 12.1 Å². The monoisotopic (exact) mass is 393 g/mol. The molecule has 0 bridgehead atoms. The maximum absolute atomic E-state index is 12.7. The van der Waals surface area contributed by atoms with Crippen molar-refractivity contribution in [3.63, 3.8) is 0 Å². The highest BCUT2D eigenvalue weighted by atomic mass is 19.3. The van der Waals surface area contributed by atoms with E-state index in [-0.39, 0.29) is 24.0 Å². The van der Waals surface area contributed by atoms with Crippen molar-refractivity contribution in [1.29, 1.82) is 0 Å². The first-order chi connectivity index (χ1) is 13.5. The fourth-order valence-corrected chi connectivity index (χ4v) is 2.53. The van der Waals surface area contributed by atoms with Crippen LogP contribution in [-0.4, -0.2) is 32.8 Å². The summed E-state index contributed by atoms with van der Waals surface area (Å²) in [5.74, 6) is 1.25. The van der Waals surface area contributed by atoms with Gasteiger partial charge in [0.1, 0.15) is 5.75 Å². The third-order valence-corrected chi connectivity index (χ3v) is 3.87. The standard InChI is InChI=1S/C20H25F2N3O3/c1-3-27-17-6-4-5-15(18(17)28-19(21)22)13-25-20(23)24-12-11-14-7-9-16(26-2)10-8-14/h4-10,19H,3,11-13H2,1-2H3,(H3,23,24,25). The highest BCUT2D eigenvalue weighted by Gasteiger charge is 2.15. The second kappa shape index (κ2) is 11.0. The highest BCUT2D eigenvalue weighted by Crippen LogP contribution is 2.33. The van der Waals surface area contributed by atoms with Gasteiger partial charge in [0.15, 0.2) is 17.5 Å². The molecule has 0 aliphatic rings. The summed E-state index contributed by atoms with van der Waals surface area (Å²) >= 11 is 0. The normalized spacial score (nSPS) is 11.4. The average molecular weight is 393 g/mol. The molecule has 0 radical (unpaired) electrons. The van der Waals surface area contributed by atoms with Crippen molar-refractivity contribution in [2.75, 3.05) is 20.3 Å². The van der Waals surface area contributed by atoms with E-state index in [1.807, 2.05) is 24.3 Å². The summed E-state index contributed by atoms with van der Waals surface area (Å²) in [6.07, 6.45) is 0.750. The van der Waals surface area contributed by atoms with Crippen LogP contribution in [0.3, 0.4) is 0 Å². The van der Waals surface area contributed by atoms with E-state index < -0.39 is 6.61 Å². The zero-order valence-electron chi connectivity index (χ0n) is 16.0. The summed E-state index contributed by atoms with van der Waals surface area (Å²) in [6.45, 7) is -0.182. The smallest absolute Gasteiger partial charge is 0.387 e. The molecule has 152 valence electrons. The van der Waals surface area contributed by atoms with Crippen molar-refractivity contribution in [2.45, 2.75) is 26.5 Å². The van der Waals surface area contributed by atoms with Crippen molar-refractivity contribution in [3.05, 3.63) is 53.6 Å². The summed E-state index contributed by atoms with van der Waals surface area (Å²) in [4.78, 5) is 4.21. The number of ether oxygens (including phenoxy) is 3. The van der Waals surface area contributed by atoms with Crippen molar-refractivity contribution < 1.29 is 23.0 Å². The van der Waals surface area contributed by atoms with Crippen LogP contribution in [0.1, 0.15) is 18.1 Å². The molecule has 8 heteroatoms. The molecule has 3 N–H and O–H groups in total. The molecule has 0 saturated heterocycles. The van der Waals surface area contributed by atoms with Crippen LogP contribution in [0, 0.1) is 0 Å². The third-order valence-electron chi connectivity index (χ3n) is 3.87. The summed E-state index contributed by atoms with van der Waals surface area (Å²) in [6, 6.07) is 12.6. The van der Waals surface area contributed by atoms with Gasteiger partial charge in [0.2, 0.25) is 0 Å². The van der Waals surface area contributed by atoms with Gasteiger partial charge in [-0.2, -0.15) is 8.78 Å². The van der Waals surface area contributed by atoms with Crippen molar-refractivity contribution in [1.82, 2.24) is 5.32 Å². The fraction of sp³-hybridized carbons (Fsp3) is 0.350. The Morgan fingerprint density at radius 2 is 1.93 bits per heavy atom. The fourth-order valence-electron chi connectivity index (χ4n) is 2.53. The van der Waals surface area contributed by atoms with Gasteiger partial charge in [-0.15, -0.1) is 0 Å². The molecule has 6 nitrogen and oxygen atoms in total. The van der Waals surface area contributed by atoms with E-state index in [9.17, 15) is 8.78 Å². The van der Waals surface area contributed by atoms with Gasteiger partial charge >= 0.3 is 6.61 Å². The van der Waals surface area contributed by atoms with Crippen LogP contribution in [0.15, 0.2) is 47.5 Å². The summed E-state index contributed by atoms with van der Waals surface area (Å²) in [7, 11) is 1.62. The number of para-hydroxylation sites is 1. The molecule has 2 aromatic carbocycles. The molecule has 0 heterocycles. The van der Waals surface area contributed by atoms with E-state index in [0.717, 1.165) is 17.7 Å². The van der Waals surface area contributed by atoms with Gasteiger partial charge in [-0.25, -0.2) is 4.99 Å². The number of hydrogen-bond acceptors (Lipinski definition) is 4. The Bertz CT molecular complexity index is 768. The molecule has 2 rings (SSSR count). The molecule has 0 atom stereocenters. The number of nitrogens with two attached hydrogens (primary N) is 1.